The Labute approximate surface area is 65.9 Å². The van der Waals surface area contributed by atoms with Gasteiger partial charge in [0.1, 0.15) is 0 Å². The van der Waals surface area contributed by atoms with Crippen LogP contribution in [0.5, 0.6) is 0 Å². The highest BCUT2D eigenvalue weighted by molar-refractivity contribution is 7.80. The molecule has 0 radical (unpaired) electrons. The molecule has 68 valence electrons. The van der Waals surface area contributed by atoms with Crippen molar-refractivity contribution in [3.63, 3.8) is 0 Å². The van der Waals surface area contributed by atoms with E-state index in [9.17, 15) is 8.42 Å². The molecule has 6 heteroatoms. The number of hydrogen-bond donors (Lipinski definition) is 2. The van der Waals surface area contributed by atoms with E-state index in [0.29, 0.717) is 6.42 Å². The molecular formula is C5H12O5S. The minimum Gasteiger partial charge on any atom is -0.396 e. The van der Waals surface area contributed by atoms with Crippen LogP contribution in [-0.2, 0) is 14.6 Å². The van der Waals surface area contributed by atoms with Crippen LogP contribution in [0, 0.1) is 5.92 Å². The van der Waals surface area contributed by atoms with E-state index in [1.807, 2.05) is 0 Å². The van der Waals surface area contributed by atoms with Crippen LogP contribution in [0.4, 0.5) is 0 Å². The van der Waals surface area contributed by atoms with Crippen LogP contribution in [0.25, 0.3) is 0 Å². The minimum atomic E-state index is -4.31. The zero-order valence-electron chi connectivity index (χ0n) is 6.23. The van der Waals surface area contributed by atoms with Gasteiger partial charge in [-0.3, -0.25) is 4.55 Å². The lowest BCUT2D eigenvalue weighted by Gasteiger charge is -2.05. The van der Waals surface area contributed by atoms with Crippen molar-refractivity contribution in [1.82, 2.24) is 0 Å². The summed E-state index contributed by atoms with van der Waals surface area (Å²) in [5.41, 5.74) is 0. The summed E-state index contributed by atoms with van der Waals surface area (Å²) >= 11 is 0. The highest BCUT2D eigenvalue weighted by Crippen LogP contribution is 2.00. The highest BCUT2D eigenvalue weighted by Gasteiger charge is 2.05. The van der Waals surface area contributed by atoms with Crippen molar-refractivity contribution >= 4 is 10.4 Å². The highest BCUT2D eigenvalue weighted by atomic mass is 32.3. The van der Waals surface area contributed by atoms with Crippen molar-refractivity contribution in [2.24, 2.45) is 5.92 Å². The molecule has 1 unspecified atom stereocenters. The predicted octanol–water partition coefficient (Wildman–Crippen LogP) is -0.176. The fraction of sp³-hybridized carbons (Fsp3) is 1.00. The monoisotopic (exact) mass is 184 g/mol. The van der Waals surface area contributed by atoms with Gasteiger partial charge in [0.2, 0.25) is 0 Å². The second-order valence-corrected chi connectivity index (χ2v) is 3.42. The normalized spacial score (nSPS) is 14.8. The molecule has 5 nitrogen and oxygen atoms in total. The van der Waals surface area contributed by atoms with Gasteiger partial charge in [0.05, 0.1) is 6.61 Å². The molecule has 0 saturated carbocycles. The molecule has 0 rings (SSSR count). The fourth-order valence-electron chi connectivity index (χ4n) is 0.446. The molecule has 0 spiro atoms. The van der Waals surface area contributed by atoms with Gasteiger partial charge < -0.3 is 5.11 Å². The van der Waals surface area contributed by atoms with E-state index in [0.717, 1.165) is 0 Å². The lowest BCUT2D eigenvalue weighted by atomic mass is 10.1. The zero-order chi connectivity index (χ0) is 8.91. The van der Waals surface area contributed by atoms with Crippen molar-refractivity contribution in [3.05, 3.63) is 0 Å². The molecule has 0 aromatic carbocycles. The lowest BCUT2D eigenvalue weighted by Crippen LogP contribution is -2.09. The zero-order valence-corrected chi connectivity index (χ0v) is 7.04. The number of aliphatic hydroxyl groups is 1. The van der Waals surface area contributed by atoms with Gasteiger partial charge in [0.15, 0.2) is 0 Å². The summed E-state index contributed by atoms with van der Waals surface area (Å²) in [6.07, 6.45) is 0.399. The SMILES string of the molecule is CC(CO)CCOS(=O)(=O)O. The van der Waals surface area contributed by atoms with Gasteiger partial charge in [-0.2, -0.15) is 8.42 Å². The number of aliphatic hydroxyl groups excluding tert-OH is 1. The Balaban J connectivity index is 3.43. The maximum absolute atomic E-state index is 9.97. The van der Waals surface area contributed by atoms with Crippen LogP contribution in [0.1, 0.15) is 13.3 Å². The van der Waals surface area contributed by atoms with E-state index >= 15 is 0 Å². The maximum Gasteiger partial charge on any atom is 0.397 e. The third kappa shape index (κ3) is 7.73. The molecule has 2 N–H and O–H groups in total. The molecule has 0 bridgehead atoms. The number of hydrogen-bond acceptors (Lipinski definition) is 4. The van der Waals surface area contributed by atoms with E-state index in [1.54, 1.807) is 6.92 Å². The van der Waals surface area contributed by atoms with Gasteiger partial charge in [0, 0.05) is 6.61 Å². The molecule has 0 aromatic heterocycles. The summed E-state index contributed by atoms with van der Waals surface area (Å²) in [4.78, 5) is 0. The minimum absolute atomic E-state index is 0.0169. The van der Waals surface area contributed by atoms with E-state index in [2.05, 4.69) is 4.18 Å². The standard InChI is InChI=1S/C5H12O5S/c1-5(4-6)2-3-10-11(7,8)9/h5-6H,2-4H2,1H3,(H,7,8,9). The molecule has 0 aliphatic heterocycles. The summed E-state index contributed by atoms with van der Waals surface area (Å²) in [5.74, 6) is -0.0169. The Morgan fingerprint density at radius 2 is 2.09 bits per heavy atom. The summed E-state index contributed by atoms with van der Waals surface area (Å²) in [5, 5.41) is 8.50. The first-order chi connectivity index (χ1) is 4.95. The van der Waals surface area contributed by atoms with Gasteiger partial charge in [0.25, 0.3) is 0 Å². The van der Waals surface area contributed by atoms with Crippen molar-refractivity contribution < 1.29 is 22.3 Å². The van der Waals surface area contributed by atoms with Gasteiger partial charge in [-0.15, -0.1) is 0 Å². The van der Waals surface area contributed by atoms with E-state index in [-0.39, 0.29) is 19.1 Å². The first kappa shape index (κ1) is 10.8. The van der Waals surface area contributed by atoms with Crippen LogP contribution in [-0.4, -0.2) is 31.3 Å². The average Bonchev–Trinajstić information content (AvgIpc) is 1.85. The first-order valence-corrected chi connectivity index (χ1v) is 4.55. The second kappa shape index (κ2) is 4.66. The van der Waals surface area contributed by atoms with Crippen LogP contribution >= 0.6 is 0 Å². The molecule has 0 aliphatic carbocycles. The predicted molar refractivity (Wildman–Crippen MR) is 38.4 cm³/mol. The average molecular weight is 184 g/mol. The van der Waals surface area contributed by atoms with Crippen molar-refractivity contribution in [1.29, 1.82) is 0 Å². The third-order valence-electron chi connectivity index (χ3n) is 1.15. The Morgan fingerprint density at radius 3 is 2.45 bits per heavy atom. The molecule has 0 fully saturated rings. The van der Waals surface area contributed by atoms with Crippen molar-refractivity contribution in [3.8, 4) is 0 Å². The molecule has 1 atom stereocenters. The Bertz CT molecular complexity index is 185. The topological polar surface area (TPSA) is 83.8 Å². The van der Waals surface area contributed by atoms with Gasteiger partial charge >= 0.3 is 10.4 Å². The van der Waals surface area contributed by atoms with Gasteiger partial charge in [-0.25, -0.2) is 4.18 Å². The Morgan fingerprint density at radius 1 is 1.55 bits per heavy atom. The molecule has 0 saturated heterocycles. The maximum atomic E-state index is 9.97. The lowest BCUT2D eigenvalue weighted by molar-refractivity contribution is 0.195. The summed E-state index contributed by atoms with van der Waals surface area (Å²) in [6, 6.07) is 0. The van der Waals surface area contributed by atoms with Gasteiger partial charge in [-0.05, 0) is 12.3 Å². The molecule has 0 amide bonds. The number of rotatable bonds is 5. The van der Waals surface area contributed by atoms with Crippen LogP contribution in [0.15, 0.2) is 0 Å². The van der Waals surface area contributed by atoms with Gasteiger partial charge in [-0.1, -0.05) is 6.92 Å². The van der Waals surface area contributed by atoms with Crippen LogP contribution < -0.4 is 0 Å². The van der Waals surface area contributed by atoms with Crippen molar-refractivity contribution in [2.75, 3.05) is 13.2 Å². The molecule has 11 heavy (non-hydrogen) atoms. The Hall–Kier alpha value is -0.170. The fourth-order valence-corrected chi connectivity index (χ4v) is 0.753. The molecule has 0 aliphatic rings. The Kier molecular flexibility index (Phi) is 4.58. The summed E-state index contributed by atoms with van der Waals surface area (Å²) in [7, 11) is -4.31. The summed E-state index contributed by atoms with van der Waals surface area (Å²) in [6.45, 7) is 1.63. The largest absolute Gasteiger partial charge is 0.397 e. The summed E-state index contributed by atoms with van der Waals surface area (Å²) < 4.78 is 32.1. The quantitative estimate of drug-likeness (QED) is 0.579. The third-order valence-corrected chi connectivity index (χ3v) is 1.62. The van der Waals surface area contributed by atoms with E-state index in [4.69, 9.17) is 9.66 Å². The second-order valence-electron chi connectivity index (χ2n) is 2.33. The smallest absolute Gasteiger partial charge is 0.396 e. The molecule has 0 heterocycles. The van der Waals surface area contributed by atoms with E-state index in [1.165, 1.54) is 0 Å². The van der Waals surface area contributed by atoms with E-state index < -0.39 is 10.4 Å². The first-order valence-electron chi connectivity index (χ1n) is 3.18. The molecular weight excluding hydrogens is 172 g/mol. The van der Waals surface area contributed by atoms with Crippen LogP contribution in [0.3, 0.4) is 0 Å². The van der Waals surface area contributed by atoms with Crippen molar-refractivity contribution in [2.45, 2.75) is 13.3 Å². The molecule has 0 aromatic rings. The van der Waals surface area contributed by atoms with Crippen LogP contribution in [0.2, 0.25) is 0 Å².